The van der Waals surface area contributed by atoms with E-state index in [2.05, 4.69) is 24.8 Å². The molecule has 0 saturated carbocycles. The predicted molar refractivity (Wildman–Crippen MR) is 94.4 cm³/mol. The second-order valence-corrected chi connectivity index (χ2v) is 5.89. The van der Waals surface area contributed by atoms with Crippen molar-refractivity contribution in [2.45, 2.75) is 26.4 Å². The first-order valence-electron chi connectivity index (χ1n) is 8.03. The zero-order valence-corrected chi connectivity index (χ0v) is 14.9. The van der Waals surface area contributed by atoms with Crippen LogP contribution in [0, 0.1) is 0 Å². The fourth-order valence-electron chi connectivity index (χ4n) is 2.77. The molecule has 1 atom stereocenters. The van der Waals surface area contributed by atoms with Gasteiger partial charge in [-0.2, -0.15) is 0 Å². The summed E-state index contributed by atoms with van der Waals surface area (Å²) in [7, 11) is 4.84. The number of hydrogen-bond donors (Lipinski definition) is 0. The lowest BCUT2D eigenvalue weighted by molar-refractivity contribution is 0.206. The van der Waals surface area contributed by atoms with Gasteiger partial charge in [-0.05, 0) is 31.2 Å². The van der Waals surface area contributed by atoms with Crippen LogP contribution in [0.5, 0.6) is 5.75 Å². The van der Waals surface area contributed by atoms with E-state index < -0.39 is 0 Å². The average Bonchev–Trinajstić information content (AvgIpc) is 2.61. The van der Waals surface area contributed by atoms with Gasteiger partial charge in [0.2, 0.25) is 0 Å². The monoisotopic (exact) mass is 331 g/mol. The summed E-state index contributed by atoms with van der Waals surface area (Å²) in [6, 6.07) is 9.60. The minimum absolute atomic E-state index is 0.129. The molecule has 6 heteroatoms. The smallest absolute Gasteiger partial charge is 0.330 e. The maximum Gasteiger partial charge on any atom is 0.330 e. The molecule has 0 unspecified atom stereocenters. The molecule has 1 aromatic carbocycles. The summed E-state index contributed by atoms with van der Waals surface area (Å²) < 4.78 is 7.94. The molecule has 24 heavy (non-hydrogen) atoms. The normalized spacial score (nSPS) is 12.4. The Kier molecular flexibility index (Phi) is 5.62. The van der Waals surface area contributed by atoms with Crippen molar-refractivity contribution < 1.29 is 4.74 Å². The Hall–Kier alpha value is -2.34. The van der Waals surface area contributed by atoms with Crippen molar-refractivity contribution in [2.24, 2.45) is 14.1 Å². The molecule has 1 aromatic heterocycles. The lowest BCUT2D eigenvalue weighted by atomic mass is 10.1. The minimum Gasteiger partial charge on any atom is -0.497 e. The van der Waals surface area contributed by atoms with Crippen LogP contribution < -0.4 is 16.0 Å². The summed E-state index contributed by atoms with van der Waals surface area (Å²) in [6.45, 7) is 5.49. The molecule has 130 valence electrons. The van der Waals surface area contributed by atoms with Crippen molar-refractivity contribution in [3.63, 3.8) is 0 Å². The van der Waals surface area contributed by atoms with Gasteiger partial charge in [0.1, 0.15) is 5.75 Å². The average molecular weight is 331 g/mol. The highest BCUT2D eigenvalue weighted by Gasteiger charge is 2.17. The Labute approximate surface area is 141 Å². The van der Waals surface area contributed by atoms with Crippen molar-refractivity contribution in [1.82, 2.24) is 14.0 Å². The highest BCUT2D eigenvalue weighted by Crippen LogP contribution is 2.24. The van der Waals surface area contributed by atoms with Gasteiger partial charge in [0, 0.05) is 38.4 Å². The van der Waals surface area contributed by atoms with Gasteiger partial charge in [0.05, 0.1) is 7.11 Å². The first-order valence-corrected chi connectivity index (χ1v) is 8.03. The van der Waals surface area contributed by atoms with E-state index in [1.54, 1.807) is 14.2 Å². The molecular weight excluding hydrogens is 306 g/mol. The molecule has 0 amide bonds. The maximum absolute atomic E-state index is 12.1. The van der Waals surface area contributed by atoms with Crippen LogP contribution in [-0.2, 0) is 20.6 Å². The molecule has 0 spiro atoms. The van der Waals surface area contributed by atoms with Crippen LogP contribution in [-0.4, -0.2) is 27.7 Å². The quantitative estimate of drug-likeness (QED) is 0.808. The van der Waals surface area contributed by atoms with E-state index in [0.29, 0.717) is 12.2 Å². The summed E-state index contributed by atoms with van der Waals surface area (Å²) in [5, 5.41) is 0. The van der Waals surface area contributed by atoms with Gasteiger partial charge >= 0.3 is 5.69 Å². The van der Waals surface area contributed by atoms with E-state index in [9.17, 15) is 9.59 Å². The second kappa shape index (κ2) is 7.49. The highest BCUT2D eigenvalue weighted by atomic mass is 16.5. The van der Waals surface area contributed by atoms with Crippen LogP contribution in [0.1, 0.15) is 31.1 Å². The van der Waals surface area contributed by atoms with Gasteiger partial charge in [-0.3, -0.25) is 18.8 Å². The van der Waals surface area contributed by atoms with Gasteiger partial charge in [0.25, 0.3) is 5.56 Å². The Morgan fingerprint density at radius 2 is 1.88 bits per heavy atom. The van der Waals surface area contributed by atoms with Crippen LogP contribution in [0.15, 0.2) is 39.9 Å². The summed E-state index contributed by atoms with van der Waals surface area (Å²) in [6.07, 6.45) is 0. The predicted octanol–water partition coefficient (Wildman–Crippen LogP) is 1.68. The second-order valence-electron chi connectivity index (χ2n) is 5.89. The third-order valence-electron chi connectivity index (χ3n) is 4.52. The van der Waals surface area contributed by atoms with Crippen LogP contribution >= 0.6 is 0 Å². The molecule has 0 fully saturated rings. The van der Waals surface area contributed by atoms with Crippen LogP contribution in [0.3, 0.4) is 0 Å². The first-order chi connectivity index (χ1) is 11.4. The molecule has 1 heterocycles. The van der Waals surface area contributed by atoms with Crippen molar-refractivity contribution >= 4 is 0 Å². The Morgan fingerprint density at radius 3 is 2.50 bits per heavy atom. The van der Waals surface area contributed by atoms with Gasteiger partial charge < -0.3 is 4.74 Å². The van der Waals surface area contributed by atoms with E-state index in [4.69, 9.17) is 4.74 Å². The summed E-state index contributed by atoms with van der Waals surface area (Å²) in [5.41, 5.74) is 1.26. The largest absolute Gasteiger partial charge is 0.497 e. The number of ether oxygens (including phenoxy) is 1. The highest BCUT2D eigenvalue weighted by molar-refractivity contribution is 5.30. The van der Waals surface area contributed by atoms with Crippen LogP contribution in [0.2, 0.25) is 0 Å². The van der Waals surface area contributed by atoms with E-state index in [-0.39, 0.29) is 17.3 Å². The van der Waals surface area contributed by atoms with Gasteiger partial charge in [0.15, 0.2) is 0 Å². The van der Waals surface area contributed by atoms with E-state index >= 15 is 0 Å². The molecule has 0 aliphatic heterocycles. The minimum atomic E-state index is -0.303. The third-order valence-corrected chi connectivity index (χ3v) is 4.52. The van der Waals surface area contributed by atoms with Crippen molar-refractivity contribution in [2.75, 3.05) is 13.7 Å². The summed E-state index contributed by atoms with van der Waals surface area (Å²) in [4.78, 5) is 26.2. The Balaban J connectivity index is 2.32. The third kappa shape index (κ3) is 3.59. The fourth-order valence-corrected chi connectivity index (χ4v) is 2.77. The number of rotatable bonds is 6. The van der Waals surface area contributed by atoms with E-state index in [1.165, 1.54) is 17.7 Å². The molecule has 6 nitrogen and oxygen atoms in total. The number of nitrogens with zero attached hydrogens (tertiary/aromatic N) is 3. The lowest BCUT2D eigenvalue weighted by Gasteiger charge is -2.29. The van der Waals surface area contributed by atoms with Crippen LogP contribution in [0.25, 0.3) is 0 Å². The number of methoxy groups -OCH3 is 1. The van der Waals surface area contributed by atoms with E-state index in [1.807, 2.05) is 18.2 Å². The van der Waals surface area contributed by atoms with E-state index in [0.717, 1.165) is 22.4 Å². The summed E-state index contributed by atoms with van der Waals surface area (Å²) in [5.74, 6) is 0.816. The van der Waals surface area contributed by atoms with Crippen molar-refractivity contribution in [3.8, 4) is 5.75 Å². The fraction of sp³-hybridized carbons (Fsp3) is 0.444. The molecule has 0 bridgehead atoms. The maximum atomic E-state index is 12.1. The standard InChI is InChI=1S/C18H25N3O3/c1-6-21(13(2)14-8-7-9-16(10-14)24-5)12-15-11-17(22)20(4)18(23)19(15)3/h7-11,13H,6,12H2,1-5H3/t13-/m1/s1. The van der Waals surface area contributed by atoms with Crippen molar-refractivity contribution in [1.29, 1.82) is 0 Å². The first kappa shape index (κ1) is 18.0. The number of benzene rings is 1. The van der Waals surface area contributed by atoms with Crippen LogP contribution in [0.4, 0.5) is 0 Å². The topological polar surface area (TPSA) is 56.5 Å². The van der Waals surface area contributed by atoms with Gasteiger partial charge in [-0.1, -0.05) is 19.1 Å². The Morgan fingerprint density at radius 1 is 1.17 bits per heavy atom. The number of aromatic nitrogens is 2. The molecule has 2 rings (SSSR count). The zero-order valence-electron chi connectivity index (χ0n) is 14.9. The van der Waals surface area contributed by atoms with Crippen molar-refractivity contribution in [3.05, 3.63) is 62.4 Å². The molecule has 2 aromatic rings. The molecule has 0 radical (unpaired) electrons. The van der Waals surface area contributed by atoms with Gasteiger partial charge in [-0.15, -0.1) is 0 Å². The Bertz CT molecular complexity index is 823. The molecule has 0 aliphatic carbocycles. The zero-order chi connectivity index (χ0) is 17.9. The molecular formula is C18H25N3O3. The SMILES string of the molecule is CCN(Cc1cc(=O)n(C)c(=O)n1C)[C@H](C)c1cccc(OC)c1. The summed E-state index contributed by atoms with van der Waals surface area (Å²) >= 11 is 0. The van der Waals surface area contributed by atoms with Gasteiger partial charge in [-0.25, -0.2) is 4.79 Å². The molecule has 0 aliphatic rings. The lowest BCUT2D eigenvalue weighted by Crippen LogP contribution is -2.39. The molecule has 0 saturated heterocycles. The molecule has 0 N–H and O–H groups in total. The number of hydrogen-bond acceptors (Lipinski definition) is 4.